The summed E-state index contributed by atoms with van der Waals surface area (Å²) in [5.74, 6) is -3.52. The van der Waals surface area contributed by atoms with Crippen LogP contribution in [0.4, 0.5) is 27.8 Å². The van der Waals surface area contributed by atoms with Crippen molar-refractivity contribution in [2.45, 2.75) is 11.1 Å². The highest BCUT2D eigenvalue weighted by atomic mass is 32.2. The highest BCUT2D eigenvalue weighted by Gasteiger charge is 2.38. The van der Waals surface area contributed by atoms with E-state index in [9.17, 15) is 30.4 Å². The quantitative estimate of drug-likeness (QED) is 0.570. The van der Waals surface area contributed by atoms with Crippen molar-refractivity contribution in [3.05, 3.63) is 47.8 Å². The fraction of sp³-hybridized carbons (Fsp3) is 0.312. The molecule has 0 aliphatic carbocycles. The van der Waals surface area contributed by atoms with Gasteiger partial charge in [-0.05, 0) is 24.3 Å². The number of fused-ring (bicyclic) bond motifs is 1. The van der Waals surface area contributed by atoms with Crippen molar-refractivity contribution in [1.82, 2.24) is 24.1 Å². The Morgan fingerprint density at radius 2 is 1.53 bits per heavy atom. The van der Waals surface area contributed by atoms with E-state index in [2.05, 4.69) is 15.3 Å². The summed E-state index contributed by atoms with van der Waals surface area (Å²) in [6, 6.07) is 5.50. The molecule has 1 aromatic carbocycles. The molecule has 0 unspecified atom stereocenters. The molecule has 1 saturated heterocycles. The van der Waals surface area contributed by atoms with Crippen LogP contribution in [-0.2, 0) is 16.2 Å². The maximum Gasteiger partial charge on any atom is 0.453 e. The van der Waals surface area contributed by atoms with Crippen LogP contribution in [0.3, 0.4) is 0 Å². The van der Waals surface area contributed by atoms with E-state index in [1.165, 1.54) is 12.1 Å². The smallest absolute Gasteiger partial charge is 0.353 e. The molecule has 4 rings (SSSR count). The summed E-state index contributed by atoms with van der Waals surface area (Å²) in [6.45, 7) is -0.164. The molecule has 0 radical (unpaired) electrons. The molecule has 0 amide bonds. The second-order valence-corrected chi connectivity index (χ2v) is 8.30. The molecule has 3 heterocycles. The molecule has 14 heteroatoms. The van der Waals surface area contributed by atoms with Crippen molar-refractivity contribution in [2.24, 2.45) is 0 Å². The molecular weight excluding hydrogens is 435 g/mol. The number of alkyl halides is 3. The molecule has 2 aromatic heterocycles. The molecular formula is C16H13F5N6O2S. The van der Waals surface area contributed by atoms with Crippen LogP contribution < -0.4 is 4.90 Å². The molecule has 8 nitrogen and oxygen atoms in total. The van der Waals surface area contributed by atoms with Crippen LogP contribution in [-0.4, -0.2) is 58.7 Å². The predicted octanol–water partition coefficient (Wildman–Crippen LogP) is 1.93. The molecule has 3 aromatic rings. The first-order valence-corrected chi connectivity index (χ1v) is 10.0. The minimum Gasteiger partial charge on any atom is -0.353 e. The monoisotopic (exact) mass is 448 g/mol. The minimum absolute atomic E-state index is 0.0529. The highest BCUT2D eigenvalue weighted by molar-refractivity contribution is 7.89. The van der Waals surface area contributed by atoms with E-state index < -0.39 is 38.6 Å². The number of anilines is 1. The Morgan fingerprint density at radius 1 is 0.900 bits per heavy atom. The van der Waals surface area contributed by atoms with Gasteiger partial charge in [-0.25, -0.2) is 17.2 Å². The molecule has 1 aliphatic rings. The van der Waals surface area contributed by atoms with Gasteiger partial charge in [-0.2, -0.15) is 22.0 Å². The Hall–Kier alpha value is -2.87. The largest absolute Gasteiger partial charge is 0.453 e. The van der Waals surface area contributed by atoms with Crippen LogP contribution in [0.5, 0.6) is 0 Å². The van der Waals surface area contributed by atoms with Gasteiger partial charge in [0.25, 0.3) is 5.82 Å². The lowest BCUT2D eigenvalue weighted by Gasteiger charge is -2.34. The third-order valence-electron chi connectivity index (χ3n) is 4.58. The van der Waals surface area contributed by atoms with E-state index in [1.807, 2.05) is 0 Å². The number of halogens is 5. The molecule has 0 saturated carbocycles. The van der Waals surface area contributed by atoms with E-state index in [4.69, 9.17) is 0 Å². The van der Waals surface area contributed by atoms with Crippen molar-refractivity contribution in [1.29, 1.82) is 0 Å². The van der Waals surface area contributed by atoms with Gasteiger partial charge in [-0.15, -0.1) is 15.3 Å². The number of hydrogen-bond acceptors (Lipinski definition) is 6. The highest BCUT2D eigenvalue weighted by Crippen LogP contribution is 2.28. The van der Waals surface area contributed by atoms with Crippen molar-refractivity contribution >= 4 is 21.5 Å². The Labute approximate surface area is 166 Å². The molecule has 0 bridgehead atoms. The van der Waals surface area contributed by atoms with Gasteiger partial charge in [-0.3, -0.25) is 0 Å². The van der Waals surface area contributed by atoms with Crippen LogP contribution in [0, 0.1) is 11.6 Å². The van der Waals surface area contributed by atoms with Gasteiger partial charge in [0, 0.05) is 26.2 Å². The molecule has 0 N–H and O–H groups in total. The molecule has 0 spiro atoms. The fourth-order valence-electron chi connectivity index (χ4n) is 3.14. The van der Waals surface area contributed by atoms with E-state index in [0.29, 0.717) is 4.52 Å². The maximum atomic E-state index is 13.9. The number of rotatable bonds is 3. The van der Waals surface area contributed by atoms with Gasteiger partial charge < -0.3 is 4.90 Å². The van der Waals surface area contributed by atoms with Crippen LogP contribution in [0.25, 0.3) is 5.65 Å². The number of nitrogens with zero attached hydrogens (tertiary/aromatic N) is 6. The normalized spacial score (nSPS) is 16.4. The first-order valence-electron chi connectivity index (χ1n) is 8.58. The van der Waals surface area contributed by atoms with E-state index in [-0.39, 0.29) is 37.6 Å². The van der Waals surface area contributed by atoms with Gasteiger partial charge in [0.15, 0.2) is 10.5 Å². The van der Waals surface area contributed by atoms with Gasteiger partial charge >= 0.3 is 6.18 Å². The Balaban J connectivity index is 1.56. The number of benzene rings is 1. The third kappa shape index (κ3) is 3.45. The maximum absolute atomic E-state index is 13.9. The van der Waals surface area contributed by atoms with Crippen molar-refractivity contribution in [3.63, 3.8) is 0 Å². The van der Waals surface area contributed by atoms with Crippen molar-refractivity contribution in [2.75, 3.05) is 31.1 Å². The number of piperazine rings is 1. The molecule has 1 aliphatic heterocycles. The number of aromatic nitrogens is 4. The summed E-state index contributed by atoms with van der Waals surface area (Å²) >= 11 is 0. The van der Waals surface area contributed by atoms with Crippen molar-refractivity contribution < 1.29 is 30.4 Å². The second kappa shape index (κ2) is 7.12. The lowest BCUT2D eigenvalue weighted by atomic mass is 10.3. The molecule has 160 valence electrons. The zero-order valence-corrected chi connectivity index (χ0v) is 15.8. The molecule has 0 atom stereocenters. The lowest BCUT2D eigenvalue weighted by Crippen LogP contribution is -2.49. The minimum atomic E-state index is -4.75. The lowest BCUT2D eigenvalue weighted by molar-refractivity contribution is -0.146. The Kier molecular flexibility index (Phi) is 4.85. The average molecular weight is 448 g/mol. The van der Waals surface area contributed by atoms with E-state index in [0.717, 1.165) is 22.5 Å². The Morgan fingerprint density at radius 3 is 2.13 bits per heavy atom. The average Bonchev–Trinajstić information content (AvgIpc) is 3.11. The topological polar surface area (TPSA) is 83.7 Å². The number of sulfonamides is 1. The Bertz CT molecular complexity index is 1180. The van der Waals surface area contributed by atoms with Gasteiger partial charge in [-0.1, -0.05) is 6.07 Å². The van der Waals surface area contributed by atoms with Crippen LogP contribution in [0.2, 0.25) is 0 Å². The van der Waals surface area contributed by atoms with Gasteiger partial charge in [0.1, 0.15) is 17.5 Å². The number of hydrogen-bond donors (Lipinski definition) is 0. The van der Waals surface area contributed by atoms with Crippen LogP contribution >= 0.6 is 0 Å². The van der Waals surface area contributed by atoms with Gasteiger partial charge in [0.2, 0.25) is 10.0 Å². The van der Waals surface area contributed by atoms with Crippen LogP contribution in [0.1, 0.15) is 5.82 Å². The van der Waals surface area contributed by atoms with E-state index in [1.54, 1.807) is 4.90 Å². The predicted molar refractivity (Wildman–Crippen MR) is 93.1 cm³/mol. The SMILES string of the molecule is O=S(=O)(c1c(F)cccc1F)N1CCN(c2ccc3nnc(C(F)(F)F)n3n2)CC1. The fourth-order valence-corrected chi connectivity index (χ4v) is 4.67. The standard InChI is InChI=1S/C16H13F5N6O2S/c17-10-2-1-3-11(18)14(10)30(28,29)26-8-6-25(7-9-26)13-5-4-12-22-23-15(16(19,20)21)27(12)24-13/h1-5H,6-9H2. The first kappa shape index (κ1) is 20.4. The zero-order valence-electron chi connectivity index (χ0n) is 15.0. The van der Waals surface area contributed by atoms with Crippen molar-refractivity contribution in [3.8, 4) is 0 Å². The summed E-state index contributed by atoms with van der Waals surface area (Å²) in [5.41, 5.74) is -0.0951. The van der Waals surface area contributed by atoms with Crippen LogP contribution in [0.15, 0.2) is 35.2 Å². The summed E-state index contributed by atoms with van der Waals surface area (Å²) in [4.78, 5) is 0.529. The zero-order chi connectivity index (χ0) is 21.7. The first-order chi connectivity index (χ1) is 14.1. The van der Waals surface area contributed by atoms with E-state index >= 15 is 0 Å². The summed E-state index contributed by atoms with van der Waals surface area (Å²) in [6.07, 6.45) is -4.75. The third-order valence-corrected chi connectivity index (χ3v) is 6.53. The summed E-state index contributed by atoms with van der Waals surface area (Å²) in [5, 5.41) is 10.4. The molecule has 30 heavy (non-hydrogen) atoms. The van der Waals surface area contributed by atoms with Gasteiger partial charge in [0.05, 0.1) is 0 Å². The summed E-state index contributed by atoms with van der Waals surface area (Å²) in [7, 11) is -4.42. The summed E-state index contributed by atoms with van der Waals surface area (Å²) < 4.78 is 93.7. The molecule has 1 fully saturated rings. The second-order valence-electron chi connectivity index (χ2n) is 6.42.